The van der Waals surface area contributed by atoms with E-state index in [0.717, 1.165) is 17.9 Å². The lowest BCUT2D eigenvalue weighted by Gasteiger charge is -1.99. The highest BCUT2D eigenvalue weighted by atomic mass is 35.5. The summed E-state index contributed by atoms with van der Waals surface area (Å²) >= 11 is 5.99. The second-order valence-electron chi connectivity index (χ2n) is 2.87. The van der Waals surface area contributed by atoms with Gasteiger partial charge in [0.05, 0.1) is 0 Å². The number of halogens is 1. The van der Waals surface area contributed by atoms with Crippen LogP contribution in [0.2, 0.25) is 5.02 Å². The van der Waals surface area contributed by atoms with Gasteiger partial charge in [-0.15, -0.1) is 0 Å². The third-order valence-corrected chi connectivity index (χ3v) is 2.53. The highest BCUT2D eigenvalue weighted by Crippen LogP contribution is 2.34. The van der Waals surface area contributed by atoms with E-state index in [1.165, 1.54) is 16.7 Å². The summed E-state index contributed by atoms with van der Waals surface area (Å²) in [5, 5.41) is 0.890. The van der Waals surface area contributed by atoms with E-state index in [2.05, 4.69) is 12.6 Å². The Bertz CT molecular complexity index is 313. The quantitative estimate of drug-likeness (QED) is 0.552. The zero-order valence-corrected chi connectivity index (χ0v) is 6.99. The Morgan fingerprint density at radius 2 is 2.09 bits per heavy atom. The highest BCUT2D eigenvalue weighted by Gasteiger charge is 2.15. The van der Waals surface area contributed by atoms with Crippen molar-refractivity contribution in [2.24, 2.45) is 0 Å². The molecule has 0 saturated carbocycles. The smallest absolute Gasteiger partial charge is 0.0444 e. The SMILES string of the molecule is C=C1CCc2c(Cl)cccc21. The predicted molar refractivity (Wildman–Crippen MR) is 48.8 cm³/mol. The van der Waals surface area contributed by atoms with E-state index < -0.39 is 0 Å². The Labute approximate surface area is 71.5 Å². The molecule has 0 unspecified atom stereocenters. The molecular formula is C10H9Cl. The summed E-state index contributed by atoms with van der Waals surface area (Å²) < 4.78 is 0. The van der Waals surface area contributed by atoms with Crippen molar-refractivity contribution < 1.29 is 0 Å². The maximum Gasteiger partial charge on any atom is 0.0444 e. The normalized spacial score (nSPS) is 15.2. The molecule has 0 fully saturated rings. The van der Waals surface area contributed by atoms with Gasteiger partial charge in [-0.1, -0.05) is 30.3 Å². The van der Waals surface area contributed by atoms with Crippen molar-refractivity contribution in [1.82, 2.24) is 0 Å². The van der Waals surface area contributed by atoms with Crippen LogP contribution < -0.4 is 0 Å². The van der Waals surface area contributed by atoms with Gasteiger partial charge in [0.1, 0.15) is 0 Å². The molecule has 1 aliphatic rings. The van der Waals surface area contributed by atoms with Crippen LogP contribution in [0.1, 0.15) is 17.5 Å². The molecule has 0 saturated heterocycles. The van der Waals surface area contributed by atoms with Gasteiger partial charge >= 0.3 is 0 Å². The number of rotatable bonds is 0. The van der Waals surface area contributed by atoms with Gasteiger partial charge in [-0.3, -0.25) is 0 Å². The molecule has 0 amide bonds. The van der Waals surface area contributed by atoms with Crippen LogP contribution in [-0.2, 0) is 6.42 Å². The van der Waals surface area contributed by atoms with E-state index >= 15 is 0 Å². The number of fused-ring (bicyclic) bond motifs is 1. The summed E-state index contributed by atoms with van der Waals surface area (Å²) in [6, 6.07) is 6.02. The Morgan fingerprint density at radius 3 is 2.82 bits per heavy atom. The maximum atomic E-state index is 5.99. The fraction of sp³-hybridized carbons (Fsp3) is 0.200. The average molecular weight is 165 g/mol. The van der Waals surface area contributed by atoms with Crippen molar-refractivity contribution in [3.63, 3.8) is 0 Å². The van der Waals surface area contributed by atoms with Gasteiger partial charge in [-0.05, 0) is 35.6 Å². The number of hydrogen-bond acceptors (Lipinski definition) is 0. The molecule has 2 rings (SSSR count). The third kappa shape index (κ3) is 0.982. The first-order valence-corrected chi connectivity index (χ1v) is 4.12. The molecule has 0 spiro atoms. The zero-order chi connectivity index (χ0) is 7.84. The molecular weight excluding hydrogens is 156 g/mol. The van der Waals surface area contributed by atoms with E-state index in [0.29, 0.717) is 0 Å². The first kappa shape index (κ1) is 6.93. The summed E-state index contributed by atoms with van der Waals surface area (Å²) in [6.07, 6.45) is 2.13. The van der Waals surface area contributed by atoms with E-state index in [1.54, 1.807) is 0 Å². The molecule has 0 aromatic heterocycles. The van der Waals surface area contributed by atoms with Crippen molar-refractivity contribution >= 4 is 17.2 Å². The zero-order valence-electron chi connectivity index (χ0n) is 6.23. The monoisotopic (exact) mass is 164 g/mol. The first-order chi connectivity index (χ1) is 5.29. The molecule has 0 heterocycles. The second kappa shape index (κ2) is 2.38. The molecule has 1 heteroatoms. The number of allylic oxidation sites excluding steroid dienone is 1. The first-order valence-electron chi connectivity index (χ1n) is 3.74. The summed E-state index contributed by atoms with van der Waals surface area (Å²) in [4.78, 5) is 0. The van der Waals surface area contributed by atoms with Crippen LogP contribution in [0.25, 0.3) is 5.57 Å². The average Bonchev–Trinajstić information content (AvgIpc) is 2.35. The van der Waals surface area contributed by atoms with Crippen LogP contribution in [0.3, 0.4) is 0 Å². The van der Waals surface area contributed by atoms with Crippen molar-refractivity contribution in [2.45, 2.75) is 12.8 Å². The summed E-state index contributed by atoms with van der Waals surface area (Å²) in [5.41, 5.74) is 3.76. The van der Waals surface area contributed by atoms with Crippen LogP contribution in [0, 0.1) is 0 Å². The fourth-order valence-corrected chi connectivity index (χ4v) is 1.82. The standard InChI is InChI=1S/C10H9Cl/c1-7-5-6-9-8(7)3-2-4-10(9)11/h2-4H,1,5-6H2. The third-order valence-electron chi connectivity index (χ3n) is 2.18. The molecule has 56 valence electrons. The molecule has 0 nitrogen and oxygen atoms in total. The summed E-state index contributed by atoms with van der Waals surface area (Å²) in [5.74, 6) is 0. The maximum absolute atomic E-state index is 5.99. The van der Waals surface area contributed by atoms with Crippen LogP contribution in [-0.4, -0.2) is 0 Å². The van der Waals surface area contributed by atoms with Gasteiger partial charge in [0.15, 0.2) is 0 Å². The van der Waals surface area contributed by atoms with Crippen LogP contribution >= 0.6 is 11.6 Å². The van der Waals surface area contributed by atoms with Crippen LogP contribution in [0.5, 0.6) is 0 Å². The lowest BCUT2D eigenvalue weighted by Crippen LogP contribution is -1.80. The fourth-order valence-electron chi connectivity index (χ4n) is 1.55. The minimum Gasteiger partial charge on any atom is -0.0952 e. The molecule has 0 radical (unpaired) electrons. The molecule has 1 aromatic carbocycles. The lowest BCUT2D eigenvalue weighted by atomic mass is 10.1. The van der Waals surface area contributed by atoms with Gasteiger partial charge in [0.25, 0.3) is 0 Å². The molecule has 11 heavy (non-hydrogen) atoms. The second-order valence-corrected chi connectivity index (χ2v) is 3.28. The Balaban J connectivity index is 2.66. The van der Waals surface area contributed by atoms with Gasteiger partial charge < -0.3 is 0 Å². The van der Waals surface area contributed by atoms with Gasteiger partial charge in [0.2, 0.25) is 0 Å². The minimum absolute atomic E-state index is 0.890. The van der Waals surface area contributed by atoms with E-state index in [1.807, 2.05) is 12.1 Å². The van der Waals surface area contributed by atoms with Gasteiger partial charge in [-0.25, -0.2) is 0 Å². The van der Waals surface area contributed by atoms with Crippen LogP contribution in [0.4, 0.5) is 0 Å². The molecule has 0 N–H and O–H groups in total. The van der Waals surface area contributed by atoms with Crippen molar-refractivity contribution in [2.75, 3.05) is 0 Å². The predicted octanol–water partition coefficient (Wildman–Crippen LogP) is 3.30. The molecule has 0 atom stereocenters. The lowest BCUT2D eigenvalue weighted by molar-refractivity contribution is 1.08. The minimum atomic E-state index is 0.890. The van der Waals surface area contributed by atoms with Crippen molar-refractivity contribution in [3.05, 3.63) is 40.9 Å². The van der Waals surface area contributed by atoms with Crippen LogP contribution in [0.15, 0.2) is 24.8 Å². The molecule has 1 aliphatic carbocycles. The Morgan fingerprint density at radius 1 is 1.27 bits per heavy atom. The topological polar surface area (TPSA) is 0 Å². The van der Waals surface area contributed by atoms with Crippen molar-refractivity contribution in [3.8, 4) is 0 Å². The summed E-state index contributed by atoms with van der Waals surface area (Å²) in [7, 11) is 0. The highest BCUT2D eigenvalue weighted by molar-refractivity contribution is 6.31. The number of hydrogen-bond donors (Lipinski definition) is 0. The van der Waals surface area contributed by atoms with E-state index in [4.69, 9.17) is 11.6 Å². The van der Waals surface area contributed by atoms with Crippen molar-refractivity contribution in [1.29, 1.82) is 0 Å². The van der Waals surface area contributed by atoms with Gasteiger partial charge in [-0.2, -0.15) is 0 Å². The van der Waals surface area contributed by atoms with Gasteiger partial charge in [0, 0.05) is 5.02 Å². The van der Waals surface area contributed by atoms with E-state index in [-0.39, 0.29) is 0 Å². The molecule has 0 bridgehead atoms. The number of benzene rings is 1. The Kier molecular flexibility index (Phi) is 1.50. The Hall–Kier alpha value is -0.750. The van der Waals surface area contributed by atoms with E-state index in [9.17, 15) is 0 Å². The molecule has 1 aromatic rings. The summed E-state index contributed by atoms with van der Waals surface area (Å²) in [6.45, 7) is 3.98. The molecule has 0 aliphatic heterocycles. The largest absolute Gasteiger partial charge is 0.0952 e.